The second-order valence-electron chi connectivity index (χ2n) is 4.73. The number of anilines is 1. The van der Waals surface area contributed by atoms with Gasteiger partial charge in [-0.3, -0.25) is 19.6 Å². The summed E-state index contributed by atoms with van der Waals surface area (Å²) < 4.78 is 0. The molecular weight excluding hydrogens is 234 g/mol. The number of nitrogens with one attached hydrogen (secondary N) is 1. The van der Waals surface area contributed by atoms with Crippen LogP contribution >= 0.6 is 0 Å². The number of carboxylic acid groups (broad SMARTS) is 1. The van der Waals surface area contributed by atoms with E-state index < -0.39 is 11.9 Å². The number of hydrogen-bond acceptors (Lipinski definition) is 3. The highest BCUT2D eigenvalue weighted by Gasteiger charge is 2.36. The highest BCUT2D eigenvalue weighted by Crippen LogP contribution is 2.26. The Hall–Kier alpha value is -1.85. The van der Waals surface area contributed by atoms with Crippen molar-refractivity contribution in [3.63, 3.8) is 0 Å². The first-order valence-corrected chi connectivity index (χ1v) is 6.11. The molecule has 0 spiro atoms. The Morgan fingerprint density at radius 1 is 1.72 bits per heavy atom. The first kappa shape index (κ1) is 12.6. The van der Waals surface area contributed by atoms with Gasteiger partial charge < -0.3 is 5.11 Å². The number of aromatic nitrogens is 2. The number of aromatic amines is 1. The maximum absolute atomic E-state index is 11.7. The van der Waals surface area contributed by atoms with E-state index in [1.54, 1.807) is 0 Å². The molecule has 0 radical (unpaired) electrons. The monoisotopic (exact) mass is 251 g/mol. The average molecular weight is 251 g/mol. The van der Waals surface area contributed by atoms with Crippen molar-refractivity contribution >= 4 is 17.7 Å². The van der Waals surface area contributed by atoms with Crippen LogP contribution in [0.25, 0.3) is 0 Å². The molecule has 1 aliphatic heterocycles. The summed E-state index contributed by atoms with van der Waals surface area (Å²) >= 11 is 0. The molecule has 0 aromatic carbocycles. The van der Waals surface area contributed by atoms with E-state index in [1.165, 1.54) is 4.90 Å². The van der Waals surface area contributed by atoms with E-state index in [9.17, 15) is 9.59 Å². The number of aliphatic carboxylic acids is 1. The maximum Gasteiger partial charge on any atom is 0.308 e. The van der Waals surface area contributed by atoms with Gasteiger partial charge in [0.15, 0.2) is 5.82 Å². The SMILES string of the molecule is CCC(C)c1cc(N2CC(C(=O)O)CC2=O)n[nH]1. The van der Waals surface area contributed by atoms with E-state index in [0.717, 1.165) is 12.1 Å². The summed E-state index contributed by atoms with van der Waals surface area (Å²) in [6.45, 7) is 4.36. The smallest absolute Gasteiger partial charge is 0.308 e. The maximum atomic E-state index is 11.7. The fourth-order valence-electron chi connectivity index (χ4n) is 2.03. The molecule has 2 rings (SSSR count). The van der Waals surface area contributed by atoms with Gasteiger partial charge in [0.25, 0.3) is 0 Å². The van der Waals surface area contributed by atoms with Crippen molar-refractivity contribution in [3.8, 4) is 0 Å². The molecular formula is C12H17N3O3. The molecule has 18 heavy (non-hydrogen) atoms. The fraction of sp³-hybridized carbons (Fsp3) is 0.583. The van der Waals surface area contributed by atoms with Crippen molar-refractivity contribution in [2.75, 3.05) is 11.4 Å². The highest BCUT2D eigenvalue weighted by molar-refractivity contribution is 5.98. The Balaban J connectivity index is 2.15. The molecule has 1 aromatic heterocycles. The molecule has 0 aliphatic carbocycles. The molecule has 6 nitrogen and oxygen atoms in total. The summed E-state index contributed by atoms with van der Waals surface area (Å²) in [5.74, 6) is -0.854. The number of amides is 1. The standard InChI is InChI=1S/C12H17N3O3/c1-3-7(2)9-5-10(14-13-9)15-6-8(12(17)18)4-11(15)16/h5,7-8H,3-4,6H2,1-2H3,(H,13,14)(H,17,18). The van der Waals surface area contributed by atoms with Gasteiger partial charge in [0.05, 0.1) is 5.92 Å². The fourth-order valence-corrected chi connectivity index (χ4v) is 2.03. The zero-order valence-electron chi connectivity index (χ0n) is 10.5. The zero-order valence-corrected chi connectivity index (χ0v) is 10.5. The molecule has 6 heteroatoms. The number of nitrogens with zero attached hydrogens (tertiary/aromatic N) is 2. The van der Waals surface area contributed by atoms with Crippen molar-refractivity contribution in [1.29, 1.82) is 0 Å². The summed E-state index contributed by atoms with van der Waals surface area (Å²) in [5, 5.41) is 15.9. The molecule has 1 aromatic rings. The minimum atomic E-state index is -0.927. The lowest BCUT2D eigenvalue weighted by atomic mass is 10.1. The van der Waals surface area contributed by atoms with Crippen LogP contribution in [0.3, 0.4) is 0 Å². The Bertz CT molecular complexity index is 469. The van der Waals surface area contributed by atoms with Crippen molar-refractivity contribution in [2.45, 2.75) is 32.6 Å². The third kappa shape index (κ3) is 2.23. The Morgan fingerprint density at radius 2 is 2.44 bits per heavy atom. The van der Waals surface area contributed by atoms with Crippen LogP contribution in [-0.2, 0) is 9.59 Å². The summed E-state index contributed by atoms with van der Waals surface area (Å²) in [6.07, 6.45) is 1.04. The number of carboxylic acids is 1. The number of carbonyl (C=O) groups excluding carboxylic acids is 1. The van der Waals surface area contributed by atoms with E-state index in [0.29, 0.717) is 11.7 Å². The summed E-state index contributed by atoms with van der Waals surface area (Å²) in [5.41, 5.74) is 0.971. The lowest BCUT2D eigenvalue weighted by Crippen LogP contribution is -2.26. The molecule has 2 heterocycles. The molecule has 1 fully saturated rings. The average Bonchev–Trinajstić information content (AvgIpc) is 2.94. The third-order valence-electron chi connectivity index (χ3n) is 3.48. The van der Waals surface area contributed by atoms with E-state index in [4.69, 9.17) is 5.11 Å². The first-order chi connectivity index (χ1) is 8.52. The molecule has 1 saturated heterocycles. The van der Waals surface area contributed by atoms with Gasteiger partial charge in [0.1, 0.15) is 0 Å². The molecule has 1 aliphatic rings. The van der Waals surface area contributed by atoms with Crippen molar-refractivity contribution in [2.24, 2.45) is 5.92 Å². The minimum Gasteiger partial charge on any atom is -0.481 e. The molecule has 0 bridgehead atoms. The Labute approximate surface area is 105 Å². The number of carbonyl (C=O) groups is 2. The minimum absolute atomic E-state index is 0.0564. The van der Waals surface area contributed by atoms with E-state index in [1.807, 2.05) is 6.07 Å². The van der Waals surface area contributed by atoms with Crippen LogP contribution in [0.1, 0.15) is 38.3 Å². The molecule has 2 N–H and O–H groups in total. The number of H-pyrrole nitrogens is 1. The topological polar surface area (TPSA) is 86.3 Å². The van der Waals surface area contributed by atoms with E-state index in [-0.39, 0.29) is 18.9 Å². The van der Waals surface area contributed by atoms with E-state index in [2.05, 4.69) is 24.0 Å². The molecule has 2 atom stereocenters. The lowest BCUT2D eigenvalue weighted by Gasteiger charge is -2.11. The van der Waals surface area contributed by atoms with Gasteiger partial charge in [-0.25, -0.2) is 0 Å². The predicted octanol–water partition coefficient (Wildman–Crippen LogP) is 1.36. The normalized spacial score (nSPS) is 21.3. The van der Waals surface area contributed by atoms with Crippen molar-refractivity contribution in [3.05, 3.63) is 11.8 Å². The van der Waals surface area contributed by atoms with Gasteiger partial charge >= 0.3 is 5.97 Å². The summed E-state index contributed by atoms with van der Waals surface area (Å²) in [7, 11) is 0. The Kier molecular flexibility index (Phi) is 3.36. The van der Waals surface area contributed by atoms with Crippen LogP contribution in [0.4, 0.5) is 5.82 Å². The zero-order chi connectivity index (χ0) is 13.3. The number of rotatable bonds is 4. The second-order valence-corrected chi connectivity index (χ2v) is 4.73. The molecule has 2 unspecified atom stereocenters. The molecule has 0 saturated carbocycles. The van der Waals surface area contributed by atoms with Crippen molar-refractivity contribution in [1.82, 2.24) is 10.2 Å². The van der Waals surface area contributed by atoms with Gasteiger partial charge in [-0.2, -0.15) is 5.10 Å². The van der Waals surface area contributed by atoms with Gasteiger partial charge in [-0.05, 0) is 12.3 Å². The van der Waals surface area contributed by atoms with Gasteiger partial charge in [-0.15, -0.1) is 0 Å². The lowest BCUT2D eigenvalue weighted by molar-refractivity contribution is -0.141. The van der Waals surface area contributed by atoms with Crippen LogP contribution in [0.5, 0.6) is 0 Å². The van der Waals surface area contributed by atoms with E-state index >= 15 is 0 Å². The van der Waals surface area contributed by atoms with Crippen LogP contribution in [0.15, 0.2) is 6.07 Å². The summed E-state index contributed by atoms with van der Waals surface area (Å²) in [4.78, 5) is 24.1. The molecule has 1 amide bonds. The van der Waals surface area contributed by atoms with Crippen LogP contribution in [-0.4, -0.2) is 33.7 Å². The Morgan fingerprint density at radius 3 is 3.00 bits per heavy atom. The largest absolute Gasteiger partial charge is 0.481 e. The molecule has 98 valence electrons. The third-order valence-corrected chi connectivity index (χ3v) is 3.48. The quantitative estimate of drug-likeness (QED) is 0.846. The van der Waals surface area contributed by atoms with Gasteiger partial charge in [0.2, 0.25) is 5.91 Å². The van der Waals surface area contributed by atoms with Crippen molar-refractivity contribution < 1.29 is 14.7 Å². The first-order valence-electron chi connectivity index (χ1n) is 6.11. The summed E-state index contributed by atoms with van der Waals surface area (Å²) in [6, 6.07) is 1.83. The predicted molar refractivity (Wildman–Crippen MR) is 65.4 cm³/mol. The van der Waals surface area contributed by atoms with Crippen LogP contribution in [0, 0.1) is 5.92 Å². The highest BCUT2D eigenvalue weighted by atomic mass is 16.4. The van der Waals surface area contributed by atoms with Gasteiger partial charge in [-0.1, -0.05) is 13.8 Å². The van der Waals surface area contributed by atoms with Crippen LogP contribution in [0.2, 0.25) is 0 Å². The number of hydrogen-bond donors (Lipinski definition) is 2. The van der Waals surface area contributed by atoms with Gasteiger partial charge in [0, 0.05) is 24.7 Å². The van der Waals surface area contributed by atoms with Crippen LogP contribution < -0.4 is 4.90 Å². The second kappa shape index (κ2) is 4.80.